The van der Waals surface area contributed by atoms with Crippen molar-refractivity contribution in [2.24, 2.45) is 0 Å². The van der Waals surface area contributed by atoms with Crippen molar-refractivity contribution in [3.8, 4) is 0 Å². The van der Waals surface area contributed by atoms with E-state index in [1.165, 1.54) is 9.58 Å². The van der Waals surface area contributed by atoms with Gasteiger partial charge >= 0.3 is 0 Å². The normalized spacial score (nSPS) is 10.6. The Bertz CT molecular complexity index is 633. The molecule has 0 saturated heterocycles. The van der Waals surface area contributed by atoms with Crippen molar-refractivity contribution in [2.75, 3.05) is 14.1 Å². The number of nitrogens with zero attached hydrogens (tertiary/aromatic N) is 4. The molecule has 0 aliphatic carbocycles. The van der Waals surface area contributed by atoms with E-state index in [9.17, 15) is 9.59 Å². The molecule has 0 aliphatic rings. The molecule has 0 atom stereocenters. The van der Waals surface area contributed by atoms with Gasteiger partial charge in [0.25, 0.3) is 5.56 Å². The number of aromatic nitrogens is 3. The van der Waals surface area contributed by atoms with Crippen molar-refractivity contribution >= 4 is 16.8 Å². The third-order valence-electron chi connectivity index (χ3n) is 2.67. The lowest BCUT2D eigenvalue weighted by Gasteiger charge is -2.10. The standard InChI is InChI=1S/C12H14N4O2/c1-15(2)11(17)7-8-16-12(18)9-5-3-4-6-10(9)13-14-16/h3-6H,7-8H2,1-2H3. The van der Waals surface area contributed by atoms with E-state index in [-0.39, 0.29) is 24.4 Å². The van der Waals surface area contributed by atoms with Crippen LogP contribution in [0, 0.1) is 0 Å². The maximum absolute atomic E-state index is 12.0. The van der Waals surface area contributed by atoms with Crippen LogP contribution in [0.2, 0.25) is 0 Å². The van der Waals surface area contributed by atoms with Gasteiger partial charge in [-0.1, -0.05) is 17.3 Å². The molecule has 0 unspecified atom stereocenters. The van der Waals surface area contributed by atoms with E-state index in [1.807, 2.05) is 0 Å². The SMILES string of the molecule is CN(C)C(=O)CCn1nnc2ccccc2c1=O. The predicted octanol–water partition coefficient (Wildman–Crippen LogP) is 0.270. The third kappa shape index (κ3) is 2.37. The zero-order chi connectivity index (χ0) is 13.1. The number of aryl methyl sites for hydroxylation is 1. The highest BCUT2D eigenvalue weighted by Gasteiger charge is 2.08. The first kappa shape index (κ1) is 12.2. The van der Waals surface area contributed by atoms with Crippen LogP contribution in [0.15, 0.2) is 29.1 Å². The zero-order valence-corrected chi connectivity index (χ0v) is 10.3. The molecule has 0 fully saturated rings. The van der Waals surface area contributed by atoms with Gasteiger partial charge in [-0.25, -0.2) is 4.68 Å². The van der Waals surface area contributed by atoms with Gasteiger partial charge in [0.1, 0.15) is 5.52 Å². The molecule has 1 heterocycles. The third-order valence-corrected chi connectivity index (χ3v) is 2.67. The lowest BCUT2D eigenvalue weighted by atomic mass is 10.2. The number of hydrogen-bond donors (Lipinski definition) is 0. The van der Waals surface area contributed by atoms with Crippen LogP contribution in [0.4, 0.5) is 0 Å². The van der Waals surface area contributed by atoms with E-state index in [1.54, 1.807) is 38.4 Å². The molecule has 2 aromatic rings. The average molecular weight is 246 g/mol. The Morgan fingerprint density at radius 2 is 2.06 bits per heavy atom. The van der Waals surface area contributed by atoms with E-state index in [4.69, 9.17) is 0 Å². The van der Waals surface area contributed by atoms with Crippen LogP contribution >= 0.6 is 0 Å². The monoisotopic (exact) mass is 246 g/mol. The predicted molar refractivity (Wildman–Crippen MR) is 67.1 cm³/mol. The summed E-state index contributed by atoms with van der Waals surface area (Å²) in [6, 6.07) is 7.02. The van der Waals surface area contributed by atoms with E-state index < -0.39 is 0 Å². The Hall–Kier alpha value is -2.24. The second-order valence-corrected chi connectivity index (χ2v) is 4.17. The summed E-state index contributed by atoms with van der Waals surface area (Å²) in [5, 5.41) is 8.29. The molecule has 0 saturated carbocycles. The van der Waals surface area contributed by atoms with Gasteiger partial charge in [-0.2, -0.15) is 0 Å². The topological polar surface area (TPSA) is 68.1 Å². The fraction of sp³-hybridized carbons (Fsp3) is 0.333. The number of carbonyl (C=O) groups excluding carboxylic acids is 1. The molecule has 1 aromatic carbocycles. The first-order valence-electron chi connectivity index (χ1n) is 5.62. The number of carbonyl (C=O) groups is 1. The number of benzene rings is 1. The Balaban J connectivity index is 2.27. The summed E-state index contributed by atoms with van der Waals surface area (Å²) in [6.07, 6.45) is 0.236. The summed E-state index contributed by atoms with van der Waals surface area (Å²) in [5.41, 5.74) is 0.352. The molecule has 0 aliphatic heterocycles. The second kappa shape index (κ2) is 4.95. The lowest BCUT2D eigenvalue weighted by Crippen LogP contribution is -2.28. The van der Waals surface area contributed by atoms with Crippen LogP contribution in [-0.4, -0.2) is 39.9 Å². The maximum atomic E-state index is 12.0. The second-order valence-electron chi connectivity index (χ2n) is 4.17. The van der Waals surface area contributed by atoms with Crippen LogP contribution < -0.4 is 5.56 Å². The van der Waals surface area contributed by atoms with Crippen molar-refractivity contribution in [3.05, 3.63) is 34.6 Å². The van der Waals surface area contributed by atoms with Gasteiger partial charge < -0.3 is 4.90 Å². The number of hydrogen-bond acceptors (Lipinski definition) is 4. The highest BCUT2D eigenvalue weighted by Crippen LogP contribution is 2.03. The summed E-state index contributed by atoms with van der Waals surface area (Å²) >= 11 is 0. The van der Waals surface area contributed by atoms with Crippen LogP contribution in [-0.2, 0) is 11.3 Å². The van der Waals surface area contributed by atoms with Crippen LogP contribution in [0.25, 0.3) is 10.9 Å². The fourth-order valence-corrected chi connectivity index (χ4v) is 1.59. The minimum Gasteiger partial charge on any atom is -0.349 e. The lowest BCUT2D eigenvalue weighted by molar-refractivity contribution is -0.128. The van der Waals surface area contributed by atoms with E-state index in [2.05, 4.69) is 10.3 Å². The molecule has 94 valence electrons. The average Bonchev–Trinajstić information content (AvgIpc) is 2.38. The van der Waals surface area contributed by atoms with Gasteiger partial charge in [0, 0.05) is 20.5 Å². The van der Waals surface area contributed by atoms with Gasteiger partial charge in [0.15, 0.2) is 0 Å². The molecule has 0 spiro atoms. The summed E-state index contributed by atoms with van der Waals surface area (Å²) in [7, 11) is 3.36. The molecule has 1 aromatic heterocycles. The van der Waals surface area contributed by atoms with Crippen LogP contribution in [0.5, 0.6) is 0 Å². The molecule has 6 heteroatoms. The Morgan fingerprint density at radius 1 is 1.33 bits per heavy atom. The van der Waals surface area contributed by atoms with Crippen molar-refractivity contribution in [3.63, 3.8) is 0 Å². The minimum atomic E-state index is -0.216. The van der Waals surface area contributed by atoms with Gasteiger partial charge in [-0.15, -0.1) is 5.10 Å². The molecule has 0 radical (unpaired) electrons. The molecule has 18 heavy (non-hydrogen) atoms. The number of amides is 1. The summed E-state index contributed by atoms with van der Waals surface area (Å²) < 4.78 is 1.23. The molecular formula is C12H14N4O2. The van der Waals surface area contributed by atoms with Crippen LogP contribution in [0.1, 0.15) is 6.42 Å². The van der Waals surface area contributed by atoms with Crippen molar-refractivity contribution in [1.29, 1.82) is 0 Å². The summed E-state index contributed by atoms with van der Waals surface area (Å²) in [4.78, 5) is 25.0. The smallest absolute Gasteiger partial charge is 0.277 e. The first-order valence-corrected chi connectivity index (χ1v) is 5.62. The Labute approximate surface area is 104 Å². The van der Waals surface area contributed by atoms with Crippen molar-refractivity contribution in [1.82, 2.24) is 19.9 Å². The number of rotatable bonds is 3. The summed E-state index contributed by atoms with van der Waals surface area (Å²) in [5.74, 6) is -0.0446. The molecule has 6 nitrogen and oxygen atoms in total. The Morgan fingerprint density at radius 3 is 2.78 bits per heavy atom. The molecule has 2 rings (SSSR count). The number of fused-ring (bicyclic) bond motifs is 1. The largest absolute Gasteiger partial charge is 0.349 e. The summed E-state index contributed by atoms with van der Waals surface area (Å²) in [6.45, 7) is 0.244. The maximum Gasteiger partial charge on any atom is 0.277 e. The first-order chi connectivity index (χ1) is 8.59. The molecular weight excluding hydrogens is 232 g/mol. The quantitative estimate of drug-likeness (QED) is 0.779. The Kier molecular flexibility index (Phi) is 3.36. The van der Waals surface area contributed by atoms with Gasteiger partial charge in [-0.3, -0.25) is 9.59 Å². The van der Waals surface area contributed by atoms with Gasteiger partial charge in [-0.05, 0) is 12.1 Å². The van der Waals surface area contributed by atoms with Gasteiger partial charge in [0.2, 0.25) is 5.91 Å². The molecule has 0 N–H and O–H groups in total. The highest BCUT2D eigenvalue weighted by atomic mass is 16.2. The highest BCUT2D eigenvalue weighted by molar-refractivity contribution is 5.77. The molecule has 0 bridgehead atoms. The fourth-order valence-electron chi connectivity index (χ4n) is 1.59. The van der Waals surface area contributed by atoms with E-state index in [0.29, 0.717) is 10.9 Å². The van der Waals surface area contributed by atoms with Crippen molar-refractivity contribution in [2.45, 2.75) is 13.0 Å². The van der Waals surface area contributed by atoms with E-state index in [0.717, 1.165) is 0 Å². The van der Waals surface area contributed by atoms with Crippen molar-refractivity contribution < 1.29 is 4.79 Å². The zero-order valence-electron chi connectivity index (χ0n) is 10.3. The minimum absolute atomic E-state index is 0.0446. The van der Waals surface area contributed by atoms with E-state index >= 15 is 0 Å². The van der Waals surface area contributed by atoms with Gasteiger partial charge in [0.05, 0.1) is 11.9 Å². The van der Waals surface area contributed by atoms with Crippen LogP contribution in [0.3, 0.4) is 0 Å². The molecule has 1 amide bonds.